The fraction of sp³-hybridized carbons (Fsp3) is 0.833. The second kappa shape index (κ2) is 20.1. The lowest BCUT2D eigenvalue weighted by Crippen LogP contribution is -1.97. The highest BCUT2D eigenvalue weighted by Crippen LogP contribution is 1.98. The number of hydrogen-bond donors (Lipinski definition) is 6. The molecule has 0 rings (SSSR count). The van der Waals surface area contributed by atoms with Crippen LogP contribution < -0.4 is 0 Å². The van der Waals surface area contributed by atoms with Crippen molar-refractivity contribution in [1.82, 2.24) is 0 Å². The van der Waals surface area contributed by atoms with Gasteiger partial charge in [0.2, 0.25) is 0 Å². The molecule has 8 heteroatoms. The van der Waals surface area contributed by atoms with E-state index < -0.39 is 18.2 Å². The van der Waals surface area contributed by atoms with E-state index in [4.69, 9.17) is 30.6 Å². The smallest absolute Gasteiger partial charge is 0.303 e. The number of aliphatic hydroxyl groups is 4. The summed E-state index contributed by atoms with van der Waals surface area (Å²) in [5.74, 6) is -1.74. The number of aliphatic carboxylic acids is 2. The van der Waals surface area contributed by atoms with Gasteiger partial charge in [-0.2, -0.15) is 0 Å². The highest BCUT2D eigenvalue weighted by Gasteiger charge is 1.99. The first-order chi connectivity index (χ1) is 9.27. The van der Waals surface area contributed by atoms with Crippen LogP contribution in [0.5, 0.6) is 0 Å². The van der Waals surface area contributed by atoms with E-state index >= 15 is 0 Å². The third-order valence-electron chi connectivity index (χ3n) is 1.60. The minimum Gasteiger partial charge on any atom is -0.481 e. The maximum Gasteiger partial charge on any atom is 0.303 e. The molecule has 0 aliphatic carbocycles. The molecule has 0 aliphatic heterocycles. The Bertz CT molecular complexity index is 195. The summed E-state index contributed by atoms with van der Waals surface area (Å²) in [5.41, 5.74) is 0. The van der Waals surface area contributed by atoms with Crippen LogP contribution in [0.1, 0.15) is 45.4 Å². The van der Waals surface area contributed by atoms with Crippen LogP contribution in [0.3, 0.4) is 0 Å². The molecule has 0 aromatic heterocycles. The quantitative estimate of drug-likeness (QED) is 0.265. The first kappa shape index (κ1) is 23.8. The Kier molecular flexibility index (Phi) is 24.0. The molecule has 0 fully saturated rings. The lowest BCUT2D eigenvalue weighted by molar-refractivity contribution is -0.139. The zero-order chi connectivity index (χ0) is 16.4. The molecular formula is C12H26O8. The molecule has 0 aromatic carbocycles. The van der Waals surface area contributed by atoms with Crippen LogP contribution in [-0.4, -0.2) is 62.1 Å². The Hall–Kier alpha value is -1.22. The fourth-order valence-corrected chi connectivity index (χ4v) is 0.776. The van der Waals surface area contributed by atoms with Crippen LogP contribution in [0.4, 0.5) is 0 Å². The van der Waals surface area contributed by atoms with Crippen LogP contribution in [-0.2, 0) is 9.59 Å². The lowest BCUT2D eigenvalue weighted by atomic mass is 10.2. The number of rotatable bonds is 8. The van der Waals surface area contributed by atoms with E-state index in [2.05, 4.69) is 0 Å². The van der Waals surface area contributed by atoms with Crippen molar-refractivity contribution in [3.05, 3.63) is 0 Å². The van der Waals surface area contributed by atoms with Gasteiger partial charge in [0.15, 0.2) is 0 Å². The molecule has 0 bridgehead atoms. The van der Waals surface area contributed by atoms with Crippen molar-refractivity contribution in [2.45, 2.75) is 51.7 Å². The number of hydrogen-bond acceptors (Lipinski definition) is 6. The number of carbonyl (C=O) groups is 2. The summed E-state index contributed by atoms with van der Waals surface area (Å²) in [6, 6.07) is 0. The van der Waals surface area contributed by atoms with Gasteiger partial charge in [0, 0.05) is 26.1 Å². The van der Waals surface area contributed by atoms with Crippen molar-refractivity contribution < 1.29 is 40.2 Å². The molecular weight excluding hydrogens is 272 g/mol. The van der Waals surface area contributed by atoms with Gasteiger partial charge < -0.3 is 30.6 Å². The Morgan fingerprint density at radius 3 is 1.20 bits per heavy atom. The second-order valence-electron chi connectivity index (χ2n) is 3.78. The summed E-state index contributed by atoms with van der Waals surface area (Å²) in [6.45, 7) is 1.67. The van der Waals surface area contributed by atoms with Crippen molar-refractivity contribution in [2.75, 3.05) is 13.2 Å². The zero-order valence-electron chi connectivity index (χ0n) is 11.7. The number of aliphatic hydroxyl groups excluding tert-OH is 3. The predicted molar refractivity (Wildman–Crippen MR) is 71.0 cm³/mol. The standard InChI is InChI=1S/C6H10O4.C4H10O2.C2H6O2/c7-5(8)3-1-2-4-6(9)10;5-3-1-2-4-6;1-2(3)4/h1-4H2,(H,7,8)(H,9,10);5-6H,1-4H2;2-4H,1H3. The Labute approximate surface area is 118 Å². The molecule has 0 amide bonds. The van der Waals surface area contributed by atoms with Crippen molar-refractivity contribution in [2.24, 2.45) is 0 Å². The lowest BCUT2D eigenvalue weighted by Gasteiger charge is -1.92. The molecule has 0 aliphatic rings. The van der Waals surface area contributed by atoms with Gasteiger partial charge >= 0.3 is 11.9 Å². The van der Waals surface area contributed by atoms with Crippen molar-refractivity contribution in [3.8, 4) is 0 Å². The second-order valence-corrected chi connectivity index (χ2v) is 3.78. The molecule has 0 heterocycles. The topological polar surface area (TPSA) is 156 Å². The van der Waals surface area contributed by atoms with Gasteiger partial charge in [0.1, 0.15) is 6.29 Å². The van der Waals surface area contributed by atoms with E-state index in [1.165, 1.54) is 6.92 Å². The summed E-state index contributed by atoms with van der Waals surface area (Å²) in [7, 11) is 0. The minimum atomic E-state index is -1.17. The predicted octanol–water partition coefficient (Wildman–Crippen LogP) is -0.216. The molecule has 0 spiro atoms. The van der Waals surface area contributed by atoms with Crippen LogP contribution in [0, 0.1) is 0 Å². The number of carboxylic acids is 2. The van der Waals surface area contributed by atoms with E-state index in [0.717, 1.165) is 12.8 Å². The molecule has 0 aromatic rings. The summed E-state index contributed by atoms with van der Waals surface area (Å²) >= 11 is 0. The van der Waals surface area contributed by atoms with Gasteiger partial charge in [-0.05, 0) is 32.6 Å². The van der Waals surface area contributed by atoms with E-state index in [-0.39, 0.29) is 26.1 Å². The molecule has 0 saturated carbocycles. The normalized spacial score (nSPS) is 9.10. The first-order valence-corrected chi connectivity index (χ1v) is 6.29. The highest BCUT2D eigenvalue weighted by molar-refractivity contribution is 5.67. The molecule has 20 heavy (non-hydrogen) atoms. The zero-order valence-corrected chi connectivity index (χ0v) is 11.7. The van der Waals surface area contributed by atoms with Crippen LogP contribution >= 0.6 is 0 Å². The van der Waals surface area contributed by atoms with Crippen LogP contribution in [0.15, 0.2) is 0 Å². The summed E-state index contributed by atoms with van der Waals surface area (Å²) in [6.07, 6.45) is 1.29. The van der Waals surface area contributed by atoms with Crippen molar-refractivity contribution >= 4 is 11.9 Å². The first-order valence-electron chi connectivity index (χ1n) is 6.29. The third-order valence-corrected chi connectivity index (χ3v) is 1.60. The van der Waals surface area contributed by atoms with Gasteiger partial charge in [0.25, 0.3) is 0 Å². The largest absolute Gasteiger partial charge is 0.481 e. The Balaban J connectivity index is -0.000000246. The van der Waals surface area contributed by atoms with Crippen LogP contribution in [0.2, 0.25) is 0 Å². The van der Waals surface area contributed by atoms with E-state index in [9.17, 15) is 9.59 Å². The van der Waals surface area contributed by atoms with Gasteiger partial charge in [-0.3, -0.25) is 9.59 Å². The Morgan fingerprint density at radius 2 is 1.05 bits per heavy atom. The molecule has 0 radical (unpaired) electrons. The van der Waals surface area contributed by atoms with Gasteiger partial charge in [0.05, 0.1) is 0 Å². The molecule has 0 saturated heterocycles. The number of carboxylic acid groups (broad SMARTS) is 2. The molecule has 0 atom stereocenters. The van der Waals surface area contributed by atoms with Gasteiger partial charge in [-0.1, -0.05) is 0 Å². The highest BCUT2D eigenvalue weighted by atomic mass is 16.5. The molecule has 122 valence electrons. The van der Waals surface area contributed by atoms with E-state index in [1.807, 2.05) is 0 Å². The maximum absolute atomic E-state index is 9.90. The van der Waals surface area contributed by atoms with Gasteiger partial charge in [-0.15, -0.1) is 0 Å². The average Bonchev–Trinajstić information content (AvgIpc) is 2.32. The van der Waals surface area contributed by atoms with E-state index in [0.29, 0.717) is 12.8 Å². The minimum absolute atomic E-state index is 0.0628. The summed E-state index contributed by atoms with van der Waals surface area (Å²) < 4.78 is 0. The monoisotopic (exact) mass is 298 g/mol. The SMILES string of the molecule is CC(O)O.O=C(O)CCCCC(=O)O.OCCCCO. The average molecular weight is 298 g/mol. The van der Waals surface area contributed by atoms with Crippen molar-refractivity contribution in [3.63, 3.8) is 0 Å². The molecule has 6 N–H and O–H groups in total. The molecule has 0 unspecified atom stereocenters. The Morgan fingerprint density at radius 1 is 0.800 bits per heavy atom. The number of unbranched alkanes of at least 4 members (excludes halogenated alkanes) is 2. The van der Waals surface area contributed by atoms with E-state index in [1.54, 1.807) is 0 Å². The third kappa shape index (κ3) is 54.2. The summed E-state index contributed by atoms with van der Waals surface area (Å²) in [5, 5.41) is 47.7. The fourth-order valence-electron chi connectivity index (χ4n) is 0.776. The summed E-state index contributed by atoms with van der Waals surface area (Å²) in [4.78, 5) is 19.8. The van der Waals surface area contributed by atoms with Gasteiger partial charge in [-0.25, -0.2) is 0 Å². The maximum atomic E-state index is 9.90. The van der Waals surface area contributed by atoms with Crippen LogP contribution in [0.25, 0.3) is 0 Å². The van der Waals surface area contributed by atoms with Crippen molar-refractivity contribution in [1.29, 1.82) is 0 Å². The molecule has 8 nitrogen and oxygen atoms in total.